The van der Waals surface area contributed by atoms with Crippen molar-refractivity contribution in [1.82, 2.24) is 0 Å². The highest BCUT2D eigenvalue weighted by Crippen LogP contribution is 2.47. The molecule has 5 heteroatoms. The fourth-order valence-electron chi connectivity index (χ4n) is 2.86. The van der Waals surface area contributed by atoms with E-state index in [0.29, 0.717) is 11.5 Å². The third-order valence-electron chi connectivity index (χ3n) is 4.16. The minimum atomic E-state index is -0.397. The van der Waals surface area contributed by atoms with Crippen LogP contribution in [0.25, 0.3) is 0 Å². The summed E-state index contributed by atoms with van der Waals surface area (Å²) in [6, 6.07) is 5.24. The van der Waals surface area contributed by atoms with Gasteiger partial charge in [0.1, 0.15) is 12.4 Å². The molecule has 1 N–H and O–H groups in total. The van der Waals surface area contributed by atoms with Crippen molar-refractivity contribution in [2.45, 2.75) is 39.2 Å². The van der Waals surface area contributed by atoms with Crippen LogP contribution in [0.5, 0.6) is 5.75 Å². The van der Waals surface area contributed by atoms with Crippen molar-refractivity contribution in [1.29, 1.82) is 0 Å². The highest BCUT2D eigenvalue weighted by atomic mass is 16.5. The Morgan fingerprint density at radius 1 is 1.36 bits per heavy atom. The van der Waals surface area contributed by atoms with Crippen molar-refractivity contribution in [3.05, 3.63) is 29.3 Å². The Balaban J connectivity index is 2.26. The molecule has 0 saturated heterocycles. The molecule has 0 aromatic heterocycles. The van der Waals surface area contributed by atoms with Crippen LogP contribution in [-0.2, 0) is 25.7 Å². The summed E-state index contributed by atoms with van der Waals surface area (Å²) in [6.45, 7) is 3.22. The van der Waals surface area contributed by atoms with Gasteiger partial charge in [0, 0.05) is 12.5 Å². The zero-order valence-electron chi connectivity index (χ0n) is 13.2. The first-order valence-electron chi connectivity index (χ1n) is 7.47. The van der Waals surface area contributed by atoms with Gasteiger partial charge in [-0.2, -0.15) is 0 Å². The second-order valence-electron chi connectivity index (χ2n) is 5.84. The van der Waals surface area contributed by atoms with Gasteiger partial charge >= 0.3 is 11.9 Å². The summed E-state index contributed by atoms with van der Waals surface area (Å²) in [5, 5.41) is 9.89. The van der Waals surface area contributed by atoms with Crippen LogP contribution in [0.2, 0.25) is 0 Å². The molecule has 5 nitrogen and oxygen atoms in total. The lowest BCUT2D eigenvalue weighted by Gasteiger charge is -2.23. The number of hydrogen-bond acceptors (Lipinski definition) is 5. The first kappa shape index (κ1) is 16.3. The third kappa shape index (κ3) is 3.78. The van der Waals surface area contributed by atoms with Gasteiger partial charge < -0.3 is 14.6 Å². The molecule has 0 radical (unpaired) electrons. The van der Waals surface area contributed by atoms with E-state index in [0.717, 1.165) is 18.4 Å². The van der Waals surface area contributed by atoms with Gasteiger partial charge in [-0.3, -0.25) is 9.59 Å². The van der Waals surface area contributed by atoms with E-state index in [1.807, 2.05) is 19.1 Å². The molecule has 0 heterocycles. The minimum Gasteiger partial charge on any atom is -0.508 e. The van der Waals surface area contributed by atoms with Gasteiger partial charge in [-0.1, -0.05) is 13.0 Å². The zero-order chi connectivity index (χ0) is 16.3. The van der Waals surface area contributed by atoms with Gasteiger partial charge in [0.05, 0.1) is 13.0 Å². The average molecular weight is 306 g/mol. The van der Waals surface area contributed by atoms with Crippen LogP contribution in [-0.4, -0.2) is 24.2 Å². The number of carbonyl (C=O) groups is 2. The molecular formula is C17H22O5. The second-order valence-corrected chi connectivity index (χ2v) is 5.84. The Hall–Kier alpha value is -2.04. The van der Waals surface area contributed by atoms with Gasteiger partial charge in [-0.25, -0.2) is 0 Å². The van der Waals surface area contributed by atoms with Crippen molar-refractivity contribution >= 4 is 11.9 Å². The molecule has 1 fully saturated rings. The summed E-state index contributed by atoms with van der Waals surface area (Å²) in [5.41, 5.74) is 1.52. The number of rotatable bonds is 6. The number of esters is 2. The van der Waals surface area contributed by atoms with E-state index in [9.17, 15) is 14.7 Å². The fraction of sp³-hybridized carbons (Fsp3) is 0.529. The summed E-state index contributed by atoms with van der Waals surface area (Å²) in [6.07, 6.45) is 2.18. The molecule has 1 aromatic rings. The second kappa shape index (κ2) is 6.81. The van der Waals surface area contributed by atoms with Crippen LogP contribution in [0.3, 0.4) is 0 Å². The van der Waals surface area contributed by atoms with Gasteiger partial charge in [-0.15, -0.1) is 0 Å². The molecular weight excluding hydrogens is 284 g/mol. The van der Waals surface area contributed by atoms with Gasteiger partial charge in [0.2, 0.25) is 0 Å². The van der Waals surface area contributed by atoms with Crippen molar-refractivity contribution in [3.8, 4) is 5.75 Å². The minimum absolute atomic E-state index is 0.0268. The molecule has 0 aliphatic heterocycles. The number of ether oxygens (including phenoxy) is 2. The van der Waals surface area contributed by atoms with E-state index in [1.165, 1.54) is 14.0 Å². The van der Waals surface area contributed by atoms with Gasteiger partial charge in [0.25, 0.3) is 0 Å². The Morgan fingerprint density at radius 2 is 2.05 bits per heavy atom. The first-order chi connectivity index (χ1) is 10.4. The number of phenols is 1. The predicted octanol–water partition coefficient (Wildman–Crippen LogP) is 2.76. The summed E-state index contributed by atoms with van der Waals surface area (Å²) in [7, 11) is 1.39. The molecule has 2 rings (SSSR count). The van der Waals surface area contributed by atoms with Gasteiger partial charge in [-0.05, 0) is 42.4 Å². The molecule has 0 amide bonds. The van der Waals surface area contributed by atoms with Crippen LogP contribution in [0, 0.1) is 11.8 Å². The lowest BCUT2D eigenvalue weighted by Crippen LogP contribution is -2.22. The molecule has 2 atom stereocenters. The summed E-state index contributed by atoms with van der Waals surface area (Å²) in [5.74, 6) is -0.267. The van der Waals surface area contributed by atoms with E-state index in [4.69, 9.17) is 9.47 Å². The maximum Gasteiger partial charge on any atom is 0.309 e. The van der Waals surface area contributed by atoms with Gasteiger partial charge in [0.15, 0.2) is 0 Å². The Labute approximate surface area is 130 Å². The van der Waals surface area contributed by atoms with E-state index in [-0.39, 0.29) is 30.2 Å². The summed E-state index contributed by atoms with van der Waals surface area (Å²) >= 11 is 0. The lowest BCUT2D eigenvalue weighted by atomic mass is 9.82. The molecule has 1 aromatic carbocycles. The molecule has 2 unspecified atom stereocenters. The molecule has 1 aliphatic rings. The molecule has 22 heavy (non-hydrogen) atoms. The molecule has 120 valence electrons. The maximum absolute atomic E-state index is 11.9. The first-order valence-corrected chi connectivity index (χ1v) is 7.47. The van der Waals surface area contributed by atoms with Crippen LogP contribution in [0.4, 0.5) is 0 Å². The van der Waals surface area contributed by atoms with E-state index < -0.39 is 5.97 Å². The Kier molecular flexibility index (Phi) is 5.06. The van der Waals surface area contributed by atoms with Crippen molar-refractivity contribution in [3.63, 3.8) is 0 Å². The standard InChI is InChI=1S/C17H22O5/c1-10(17(20)21-3)16(12-4-5-12)13-6-7-15(19)14(8-13)9-22-11(2)18/h6-8,10,12,16,19H,4-5,9H2,1-3H3. The lowest BCUT2D eigenvalue weighted by molar-refractivity contribution is -0.146. The van der Waals surface area contributed by atoms with Crippen LogP contribution in [0.1, 0.15) is 43.7 Å². The monoisotopic (exact) mass is 306 g/mol. The highest BCUT2D eigenvalue weighted by molar-refractivity contribution is 5.73. The number of methoxy groups -OCH3 is 1. The van der Waals surface area contributed by atoms with Crippen LogP contribution in [0.15, 0.2) is 18.2 Å². The normalized spacial score (nSPS) is 16.7. The zero-order valence-corrected chi connectivity index (χ0v) is 13.2. The molecule has 1 saturated carbocycles. The number of phenolic OH excluding ortho intramolecular Hbond substituents is 1. The third-order valence-corrected chi connectivity index (χ3v) is 4.16. The number of aromatic hydroxyl groups is 1. The molecule has 1 aliphatic carbocycles. The summed E-state index contributed by atoms with van der Waals surface area (Å²) < 4.78 is 9.83. The van der Waals surface area contributed by atoms with E-state index in [2.05, 4.69) is 0 Å². The SMILES string of the molecule is COC(=O)C(C)C(c1ccc(O)c(COC(C)=O)c1)C1CC1. The predicted molar refractivity (Wildman–Crippen MR) is 80.2 cm³/mol. The van der Waals surface area contributed by atoms with E-state index in [1.54, 1.807) is 6.07 Å². The molecule has 0 bridgehead atoms. The number of benzene rings is 1. The average Bonchev–Trinajstić information content (AvgIpc) is 3.31. The Morgan fingerprint density at radius 3 is 2.59 bits per heavy atom. The maximum atomic E-state index is 11.9. The highest BCUT2D eigenvalue weighted by Gasteiger charge is 2.39. The fourth-order valence-corrected chi connectivity index (χ4v) is 2.86. The topological polar surface area (TPSA) is 72.8 Å². The largest absolute Gasteiger partial charge is 0.508 e. The number of hydrogen-bond donors (Lipinski definition) is 1. The summed E-state index contributed by atoms with van der Waals surface area (Å²) in [4.78, 5) is 22.8. The van der Waals surface area contributed by atoms with E-state index >= 15 is 0 Å². The van der Waals surface area contributed by atoms with Crippen molar-refractivity contribution in [2.24, 2.45) is 11.8 Å². The Bertz CT molecular complexity index is 562. The smallest absolute Gasteiger partial charge is 0.309 e. The van der Waals surface area contributed by atoms with Crippen LogP contribution >= 0.6 is 0 Å². The quantitative estimate of drug-likeness (QED) is 0.818. The number of carbonyl (C=O) groups excluding carboxylic acids is 2. The molecule has 0 spiro atoms. The van der Waals surface area contributed by atoms with Crippen molar-refractivity contribution in [2.75, 3.05) is 7.11 Å². The van der Waals surface area contributed by atoms with Crippen molar-refractivity contribution < 1.29 is 24.2 Å². The van der Waals surface area contributed by atoms with Crippen LogP contribution < -0.4 is 0 Å².